The Morgan fingerprint density at radius 3 is 2.71 bits per heavy atom. The predicted molar refractivity (Wildman–Crippen MR) is 71.8 cm³/mol. The van der Waals surface area contributed by atoms with Gasteiger partial charge in [-0.1, -0.05) is 0 Å². The number of hydrogen-bond acceptors (Lipinski definition) is 3. The van der Waals surface area contributed by atoms with E-state index in [-0.39, 0.29) is 0 Å². The highest BCUT2D eigenvalue weighted by atomic mass is 16.5. The van der Waals surface area contributed by atoms with Gasteiger partial charge in [-0.3, -0.25) is 0 Å². The summed E-state index contributed by atoms with van der Waals surface area (Å²) in [5.74, 6) is 0.987. The van der Waals surface area contributed by atoms with E-state index in [9.17, 15) is 0 Å². The number of nitrogens with two attached hydrogens (primary N) is 1. The summed E-state index contributed by atoms with van der Waals surface area (Å²) in [5.41, 5.74) is 8.19. The second-order valence-electron chi connectivity index (χ2n) is 4.58. The van der Waals surface area contributed by atoms with Gasteiger partial charge in [0.2, 0.25) is 0 Å². The molecular weight excluding hydrogens is 212 g/mol. The number of aryl methyl sites for hydroxylation is 1. The van der Waals surface area contributed by atoms with Gasteiger partial charge in [-0.2, -0.15) is 0 Å². The van der Waals surface area contributed by atoms with E-state index in [1.54, 1.807) is 7.11 Å². The Hall–Kier alpha value is -1.22. The van der Waals surface area contributed by atoms with Crippen molar-refractivity contribution >= 4 is 5.69 Å². The van der Waals surface area contributed by atoms with E-state index in [4.69, 9.17) is 10.5 Å². The van der Waals surface area contributed by atoms with Gasteiger partial charge >= 0.3 is 0 Å². The maximum atomic E-state index is 5.58. The normalized spacial score (nSPS) is 15.3. The molecule has 0 amide bonds. The molecule has 0 aromatic heterocycles. The Bertz CT molecular complexity index is 359. The molecule has 0 radical (unpaired) electrons. The first-order valence-corrected chi connectivity index (χ1v) is 6.47. The molecule has 2 N–H and O–H groups in total. The molecule has 1 aromatic carbocycles. The van der Waals surface area contributed by atoms with Crippen molar-refractivity contribution in [1.29, 1.82) is 0 Å². The minimum atomic E-state index is 0.733. The lowest BCUT2D eigenvalue weighted by Crippen LogP contribution is -2.17. The minimum Gasteiger partial charge on any atom is -0.496 e. The Morgan fingerprint density at radius 2 is 2.06 bits per heavy atom. The monoisotopic (exact) mass is 234 g/mol. The average Bonchev–Trinajstić information content (AvgIpc) is 2.89. The van der Waals surface area contributed by atoms with Crippen LogP contribution in [0.5, 0.6) is 5.75 Å². The molecule has 94 valence electrons. The first-order valence-electron chi connectivity index (χ1n) is 6.47. The topological polar surface area (TPSA) is 38.5 Å². The molecule has 2 rings (SSSR count). The lowest BCUT2D eigenvalue weighted by atomic mass is 10.1. The molecule has 0 bridgehead atoms. The number of nitrogens with zero attached hydrogens (tertiary/aromatic N) is 1. The van der Waals surface area contributed by atoms with Gasteiger partial charge in [0.15, 0.2) is 0 Å². The van der Waals surface area contributed by atoms with E-state index >= 15 is 0 Å². The van der Waals surface area contributed by atoms with Crippen LogP contribution in [0.1, 0.15) is 24.8 Å². The molecule has 0 unspecified atom stereocenters. The van der Waals surface area contributed by atoms with Crippen molar-refractivity contribution in [3.05, 3.63) is 23.8 Å². The summed E-state index contributed by atoms with van der Waals surface area (Å²) < 4.78 is 5.40. The van der Waals surface area contributed by atoms with Crippen LogP contribution in [0.4, 0.5) is 5.69 Å². The van der Waals surface area contributed by atoms with Gasteiger partial charge in [0, 0.05) is 18.8 Å². The second kappa shape index (κ2) is 5.92. The predicted octanol–water partition coefficient (Wildman–Crippen LogP) is 2.19. The van der Waals surface area contributed by atoms with Crippen LogP contribution in [0.25, 0.3) is 0 Å². The van der Waals surface area contributed by atoms with Gasteiger partial charge < -0.3 is 15.4 Å². The number of benzene rings is 1. The third-order valence-electron chi connectivity index (χ3n) is 3.39. The number of ether oxygens (including phenoxy) is 1. The summed E-state index contributed by atoms with van der Waals surface area (Å²) in [6.45, 7) is 3.10. The first-order chi connectivity index (χ1) is 8.35. The molecule has 17 heavy (non-hydrogen) atoms. The Morgan fingerprint density at radius 1 is 1.29 bits per heavy atom. The molecule has 3 heteroatoms. The number of rotatable bonds is 5. The minimum absolute atomic E-state index is 0.733. The smallest absolute Gasteiger partial charge is 0.122 e. The van der Waals surface area contributed by atoms with Gasteiger partial charge in [0.25, 0.3) is 0 Å². The van der Waals surface area contributed by atoms with E-state index < -0.39 is 0 Å². The zero-order valence-corrected chi connectivity index (χ0v) is 10.6. The quantitative estimate of drug-likeness (QED) is 0.848. The highest BCUT2D eigenvalue weighted by molar-refractivity contribution is 5.53. The zero-order chi connectivity index (χ0) is 12.1. The number of hydrogen-bond donors (Lipinski definition) is 1. The highest BCUT2D eigenvalue weighted by Gasteiger charge is 2.14. The van der Waals surface area contributed by atoms with Crippen LogP contribution in [0.15, 0.2) is 18.2 Å². The Balaban J connectivity index is 2.17. The van der Waals surface area contributed by atoms with Crippen molar-refractivity contribution in [1.82, 2.24) is 0 Å². The van der Waals surface area contributed by atoms with E-state index in [2.05, 4.69) is 23.1 Å². The van der Waals surface area contributed by atoms with Crippen molar-refractivity contribution in [2.75, 3.05) is 31.6 Å². The van der Waals surface area contributed by atoms with Crippen LogP contribution in [-0.4, -0.2) is 26.7 Å². The summed E-state index contributed by atoms with van der Waals surface area (Å²) in [7, 11) is 1.73. The maximum Gasteiger partial charge on any atom is 0.122 e. The van der Waals surface area contributed by atoms with E-state index in [0.29, 0.717) is 0 Å². The molecule has 1 saturated heterocycles. The standard InChI is InChI=1S/C14H22N2O/c1-17-14-7-6-13(16-9-2-3-10-16)11-12(14)5-4-8-15/h6-7,11H,2-5,8-10,15H2,1H3. The second-order valence-corrected chi connectivity index (χ2v) is 4.58. The zero-order valence-electron chi connectivity index (χ0n) is 10.6. The summed E-state index contributed by atoms with van der Waals surface area (Å²) >= 11 is 0. The van der Waals surface area contributed by atoms with Gasteiger partial charge in [-0.05, 0) is 56.0 Å². The third-order valence-corrected chi connectivity index (χ3v) is 3.39. The molecule has 0 atom stereocenters. The SMILES string of the molecule is COc1ccc(N2CCCC2)cc1CCCN. The summed E-state index contributed by atoms with van der Waals surface area (Å²) in [6.07, 6.45) is 4.63. The molecule has 1 aromatic rings. The lowest BCUT2D eigenvalue weighted by Gasteiger charge is -2.19. The first kappa shape index (κ1) is 12.2. The molecule has 0 saturated carbocycles. The largest absolute Gasteiger partial charge is 0.496 e. The van der Waals surface area contributed by atoms with Crippen molar-refractivity contribution in [2.24, 2.45) is 5.73 Å². The van der Waals surface area contributed by atoms with Crippen LogP contribution in [0.3, 0.4) is 0 Å². The van der Waals surface area contributed by atoms with Gasteiger partial charge in [-0.25, -0.2) is 0 Å². The van der Waals surface area contributed by atoms with Crippen molar-refractivity contribution in [3.8, 4) is 5.75 Å². The van der Waals surface area contributed by atoms with E-state index in [1.807, 2.05) is 0 Å². The number of anilines is 1. The number of methoxy groups -OCH3 is 1. The fourth-order valence-electron chi connectivity index (χ4n) is 2.42. The molecule has 3 nitrogen and oxygen atoms in total. The average molecular weight is 234 g/mol. The molecular formula is C14H22N2O. The summed E-state index contributed by atoms with van der Waals surface area (Å²) in [6, 6.07) is 6.51. The lowest BCUT2D eigenvalue weighted by molar-refractivity contribution is 0.409. The molecule has 0 aliphatic carbocycles. The van der Waals surface area contributed by atoms with Crippen LogP contribution in [0.2, 0.25) is 0 Å². The molecule has 1 fully saturated rings. The highest BCUT2D eigenvalue weighted by Crippen LogP contribution is 2.28. The fraction of sp³-hybridized carbons (Fsp3) is 0.571. The van der Waals surface area contributed by atoms with Crippen molar-refractivity contribution in [2.45, 2.75) is 25.7 Å². The van der Waals surface area contributed by atoms with Crippen LogP contribution in [0, 0.1) is 0 Å². The summed E-state index contributed by atoms with van der Waals surface area (Å²) in [4.78, 5) is 2.45. The Kier molecular flexibility index (Phi) is 4.26. The maximum absolute atomic E-state index is 5.58. The van der Waals surface area contributed by atoms with Crippen LogP contribution in [-0.2, 0) is 6.42 Å². The van der Waals surface area contributed by atoms with E-state index in [1.165, 1.54) is 37.2 Å². The fourth-order valence-corrected chi connectivity index (χ4v) is 2.42. The molecule has 1 heterocycles. The molecule has 1 aliphatic rings. The van der Waals surface area contributed by atoms with Crippen LogP contribution >= 0.6 is 0 Å². The van der Waals surface area contributed by atoms with Gasteiger partial charge in [0.1, 0.15) is 5.75 Å². The van der Waals surface area contributed by atoms with Crippen molar-refractivity contribution < 1.29 is 4.74 Å². The van der Waals surface area contributed by atoms with Gasteiger partial charge in [0.05, 0.1) is 7.11 Å². The molecule has 0 spiro atoms. The third kappa shape index (κ3) is 2.91. The Labute approximate surface area is 104 Å². The van der Waals surface area contributed by atoms with Crippen molar-refractivity contribution in [3.63, 3.8) is 0 Å². The van der Waals surface area contributed by atoms with E-state index in [0.717, 1.165) is 25.1 Å². The van der Waals surface area contributed by atoms with Gasteiger partial charge in [-0.15, -0.1) is 0 Å². The molecule has 1 aliphatic heterocycles. The van der Waals surface area contributed by atoms with Crippen LogP contribution < -0.4 is 15.4 Å². The summed E-state index contributed by atoms with van der Waals surface area (Å²) in [5, 5.41) is 0.